The van der Waals surface area contributed by atoms with E-state index in [2.05, 4.69) is 4.98 Å². The minimum Gasteiger partial charge on any atom is -0.475 e. The highest BCUT2D eigenvalue weighted by Gasteiger charge is 2.29. The van der Waals surface area contributed by atoms with E-state index in [0.29, 0.717) is 5.92 Å². The number of hydrogen-bond acceptors (Lipinski definition) is 4. The van der Waals surface area contributed by atoms with Crippen molar-refractivity contribution in [3.05, 3.63) is 16.1 Å². The number of aromatic nitrogens is 1. The van der Waals surface area contributed by atoms with E-state index in [1.807, 2.05) is 0 Å². The first-order valence-corrected chi connectivity index (χ1v) is 5.25. The summed E-state index contributed by atoms with van der Waals surface area (Å²) in [6.07, 6.45) is 2.21. The summed E-state index contributed by atoms with van der Waals surface area (Å²) in [5.74, 6) is -1.64. The van der Waals surface area contributed by atoms with E-state index in [4.69, 9.17) is 5.11 Å². The molecule has 74 valence electrons. The fourth-order valence-electron chi connectivity index (χ4n) is 1.32. The van der Waals surface area contributed by atoms with Crippen LogP contribution in [0.5, 0.6) is 0 Å². The van der Waals surface area contributed by atoms with E-state index in [9.17, 15) is 9.59 Å². The summed E-state index contributed by atoms with van der Waals surface area (Å²) >= 11 is 1.37. The fraction of sp³-hybridized carbons (Fsp3) is 0.444. The maximum Gasteiger partial charge on any atom is 0.372 e. The van der Waals surface area contributed by atoms with E-state index in [-0.39, 0.29) is 6.42 Å². The first-order valence-electron chi connectivity index (χ1n) is 4.37. The molecule has 0 radical (unpaired) electrons. The molecule has 0 unspecified atom stereocenters. The second-order valence-electron chi connectivity index (χ2n) is 3.34. The zero-order chi connectivity index (χ0) is 10.1. The highest BCUT2D eigenvalue weighted by molar-refractivity contribution is 7.09. The van der Waals surface area contributed by atoms with Crippen molar-refractivity contribution in [2.45, 2.75) is 25.2 Å². The number of Topliss-reactive ketones (excluding diaryl/α,β-unsaturated/α-hetero) is 1. The number of hydrogen-bond donors (Lipinski definition) is 1. The Kier molecular flexibility index (Phi) is 2.33. The molecule has 1 aliphatic carbocycles. The Labute approximate surface area is 84.6 Å². The number of carbonyl (C=O) groups excluding carboxylic acids is 1. The van der Waals surface area contributed by atoms with Gasteiger partial charge in [0.05, 0.1) is 17.6 Å². The molecule has 1 aliphatic rings. The Balaban J connectivity index is 2.12. The maximum atomic E-state index is 11.0. The molecule has 1 fully saturated rings. The van der Waals surface area contributed by atoms with E-state index >= 15 is 0 Å². The molecule has 0 saturated heterocycles. The van der Waals surface area contributed by atoms with Crippen LogP contribution in [0.2, 0.25) is 0 Å². The minimum atomic E-state index is -1.36. The van der Waals surface area contributed by atoms with Gasteiger partial charge in [-0.1, -0.05) is 0 Å². The van der Waals surface area contributed by atoms with Gasteiger partial charge in [0.15, 0.2) is 0 Å². The van der Waals surface area contributed by atoms with Gasteiger partial charge in [-0.2, -0.15) is 0 Å². The first kappa shape index (κ1) is 9.33. The van der Waals surface area contributed by atoms with Crippen molar-refractivity contribution in [1.29, 1.82) is 0 Å². The van der Waals surface area contributed by atoms with Crippen LogP contribution in [0.15, 0.2) is 5.51 Å². The van der Waals surface area contributed by atoms with Gasteiger partial charge < -0.3 is 5.11 Å². The van der Waals surface area contributed by atoms with Gasteiger partial charge in [-0.05, 0) is 12.8 Å². The maximum absolute atomic E-state index is 11.0. The van der Waals surface area contributed by atoms with Crippen molar-refractivity contribution in [1.82, 2.24) is 4.98 Å². The van der Waals surface area contributed by atoms with Crippen LogP contribution in [0.3, 0.4) is 0 Å². The van der Waals surface area contributed by atoms with Gasteiger partial charge in [-0.25, -0.2) is 9.78 Å². The van der Waals surface area contributed by atoms with Crippen LogP contribution in [0.1, 0.15) is 29.3 Å². The van der Waals surface area contributed by atoms with Gasteiger partial charge in [0.2, 0.25) is 5.78 Å². The van der Waals surface area contributed by atoms with Crippen molar-refractivity contribution < 1.29 is 14.7 Å². The standard InChI is InChI=1S/C9H9NO3S/c11-6(9(12)13)3-7-8(5-1-2-5)10-4-14-7/h4-5H,1-3H2,(H,12,13). The molecule has 14 heavy (non-hydrogen) atoms. The molecule has 0 amide bonds. The van der Waals surface area contributed by atoms with Crippen molar-refractivity contribution >= 4 is 23.1 Å². The van der Waals surface area contributed by atoms with Gasteiger partial charge in [-0.15, -0.1) is 11.3 Å². The Morgan fingerprint density at radius 2 is 2.29 bits per heavy atom. The Morgan fingerprint density at radius 1 is 1.57 bits per heavy atom. The summed E-state index contributed by atoms with van der Waals surface area (Å²) in [4.78, 5) is 26.3. The molecule has 1 heterocycles. The topological polar surface area (TPSA) is 67.3 Å². The largest absolute Gasteiger partial charge is 0.475 e. The van der Waals surface area contributed by atoms with E-state index in [0.717, 1.165) is 23.4 Å². The average Bonchev–Trinajstić information content (AvgIpc) is 2.88. The quantitative estimate of drug-likeness (QED) is 0.760. The van der Waals surface area contributed by atoms with E-state index in [1.165, 1.54) is 11.3 Å². The number of nitrogens with zero attached hydrogens (tertiary/aromatic N) is 1. The molecule has 1 aromatic heterocycles. The van der Waals surface area contributed by atoms with E-state index in [1.54, 1.807) is 5.51 Å². The smallest absolute Gasteiger partial charge is 0.372 e. The zero-order valence-electron chi connectivity index (χ0n) is 7.40. The molecule has 1 saturated carbocycles. The molecule has 0 atom stereocenters. The average molecular weight is 211 g/mol. The lowest BCUT2D eigenvalue weighted by atomic mass is 10.2. The molecule has 5 heteroatoms. The van der Waals surface area contributed by atoms with Gasteiger partial charge in [-0.3, -0.25) is 4.79 Å². The summed E-state index contributed by atoms with van der Waals surface area (Å²) in [7, 11) is 0. The molecule has 2 rings (SSSR count). The van der Waals surface area contributed by atoms with Crippen molar-refractivity contribution in [2.24, 2.45) is 0 Å². The Hall–Kier alpha value is -1.23. The van der Waals surface area contributed by atoms with Crippen LogP contribution in [0.25, 0.3) is 0 Å². The van der Waals surface area contributed by atoms with E-state index < -0.39 is 11.8 Å². The second kappa shape index (κ2) is 3.49. The SMILES string of the molecule is O=C(O)C(=O)Cc1scnc1C1CC1. The monoisotopic (exact) mass is 211 g/mol. The number of carbonyl (C=O) groups is 2. The summed E-state index contributed by atoms with van der Waals surface area (Å²) in [5.41, 5.74) is 2.61. The number of thiazole rings is 1. The second-order valence-corrected chi connectivity index (χ2v) is 4.28. The Morgan fingerprint density at radius 3 is 2.86 bits per heavy atom. The summed E-state index contributed by atoms with van der Waals surface area (Å²) in [5, 5.41) is 8.46. The third-order valence-electron chi connectivity index (χ3n) is 2.20. The first-order chi connectivity index (χ1) is 6.68. The third kappa shape index (κ3) is 1.82. The highest BCUT2D eigenvalue weighted by Crippen LogP contribution is 2.41. The summed E-state index contributed by atoms with van der Waals surface area (Å²) in [6, 6.07) is 0. The fourth-order valence-corrected chi connectivity index (χ4v) is 2.17. The van der Waals surface area contributed by atoms with Crippen LogP contribution in [-0.4, -0.2) is 21.8 Å². The molecule has 0 aromatic carbocycles. The molecular weight excluding hydrogens is 202 g/mol. The van der Waals surface area contributed by atoms with Gasteiger partial charge in [0.1, 0.15) is 0 Å². The summed E-state index contributed by atoms with van der Waals surface area (Å²) < 4.78 is 0. The molecule has 0 spiro atoms. The van der Waals surface area contributed by atoms with Crippen molar-refractivity contribution in [2.75, 3.05) is 0 Å². The molecule has 0 aliphatic heterocycles. The normalized spacial score (nSPS) is 15.4. The minimum absolute atomic E-state index is 0.00810. The number of carboxylic acid groups (broad SMARTS) is 1. The van der Waals surface area contributed by atoms with Gasteiger partial charge >= 0.3 is 5.97 Å². The number of carboxylic acids is 1. The number of ketones is 1. The van der Waals surface area contributed by atoms with Crippen molar-refractivity contribution in [3.8, 4) is 0 Å². The molecular formula is C9H9NO3S. The van der Waals surface area contributed by atoms with Crippen LogP contribution in [0.4, 0.5) is 0 Å². The number of aliphatic carboxylic acids is 1. The molecule has 1 N–H and O–H groups in total. The lowest BCUT2D eigenvalue weighted by Crippen LogP contribution is -2.15. The lowest BCUT2D eigenvalue weighted by molar-refractivity contribution is -0.148. The Bertz CT molecular complexity index is 381. The lowest BCUT2D eigenvalue weighted by Gasteiger charge is -1.96. The van der Waals surface area contributed by atoms with Crippen LogP contribution < -0.4 is 0 Å². The molecule has 0 bridgehead atoms. The molecule has 4 nitrogen and oxygen atoms in total. The zero-order valence-corrected chi connectivity index (χ0v) is 8.21. The third-order valence-corrected chi connectivity index (χ3v) is 3.04. The summed E-state index contributed by atoms with van der Waals surface area (Å²) in [6.45, 7) is 0. The van der Waals surface area contributed by atoms with Crippen LogP contribution in [0, 0.1) is 0 Å². The number of rotatable bonds is 4. The predicted molar refractivity (Wildman–Crippen MR) is 50.4 cm³/mol. The predicted octanol–water partition coefficient (Wildman–Crippen LogP) is 1.22. The van der Waals surface area contributed by atoms with Crippen molar-refractivity contribution in [3.63, 3.8) is 0 Å². The van der Waals surface area contributed by atoms with Gasteiger partial charge in [0, 0.05) is 10.8 Å². The van der Waals surface area contributed by atoms with Gasteiger partial charge in [0.25, 0.3) is 0 Å². The highest BCUT2D eigenvalue weighted by atomic mass is 32.1. The van der Waals surface area contributed by atoms with Crippen LogP contribution in [-0.2, 0) is 16.0 Å². The van der Waals surface area contributed by atoms with Crippen LogP contribution >= 0.6 is 11.3 Å². The molecule has 1 aromatic rings.